The lowest BCUT2D eigenvalue weighted by Gasteiger charge is -2.31. The van der Waals surface area contributed by atoms with Crippen LogP contribution in [0.1, 0.15) is 75.5 Å². The number of nitrogens with one attached hydrogen (secondary N) is 2. The molecule has 5 aliphatic rings. The number of amides is 3. The summed E-state index contributed by atoms with van der Waals surface area (Å²) in [7, 11) is 1.31. The second kappa shape index (κ2) is 15.7. The number of aliphatic imine (C=N–C) groups is 2. The normalized spacial score (nSPS) is 24.7. The first-order valence-corrected chi connectivity index (χ1v) is 19.7. The number of nitrogens with zero attached hydrogens (tertiary/aromatic N) is 5. The lowest BCUT2D eigenvalue weighted by Crippen LogP contribution is -2.53. The molecule has 6 atom stereocenters. The maximum absolute atomic E-state index is 13.6. The molecule has 3 fully saturated rings. The molecule has 1 aromatic heterocycles. The summed E-state index contributed by atoms with van der Waals surface area (Å²) < 4.78 is 4.78. The third kappa shape index (κ3) is 7.49. The number of hydrogen-bond donors (Lipinski definition) is 2. The zero-order chi connectivity index (χ0) is 38.1. The largest absolute Gasteiger partial charge is 0.453 e. The average Bonchev–Trinajstić information content (AvgIpc) is 4.07. The highest BCUT2D eigenvalue weighted by Crippen LogP contribution is 2.54. The summed E-state index contributed by atoms with van der Waals surface area (Å²) in [6, 6.07) is 16.6. The van der Waals surface area contributed by atoms with Crippen molar-refractivity contribution >= 4 is 40.5 Å². The highest BCUT2D eigenvalue weighted by molar-refractivity contribution is 6.04. The predicted octanol–water partition coefficient (Wildman–Crippen LogP) is 6.87. The van der Waals surface area contributed by atoms with Gasteiger partial charge in [-0.15, -0.1) is 0 Å². The smallest absolute Gasteiger partial charge is 0.407 e. The average molecular weight is 740 g/mol. The number of allylic oxidation sites excluding steroid dienone is 2. The van der Waals surface area contributed by atoms with Crippen LogP contribution in [0.2, 0.25) is 0 Å². The van der Waals surface area contributed by atoms with E-state index in [4.69, 9.17) is 14.7 Å². The first-order chi connectivity index (χ1) is 26.8. The highest BCUT2D eigenvalue weighted by atomic mass is 16.5. The fraction of sp³-hybridized carbons (Fsp3) is 0.432. The Morgan fingerprint density at radius 3 is 2.05 bits per heavy atom. The van der Waals surface area contributed by atoms with Crippen LogP contribution in [-0.2, 0) is 20.9 Å². The van der Waals surface area contributed by atoms with Gasteiger partial charge in [0.2, 0.25) is 11.8 Å². The van der Waals surface area contributed by atoms with Crippen LogP contribution in [0.5, 0.6) is 0 Å². The number of alkyl carbamates (subject to hydrolysis) is 1. The Kier molecular flexibility index (Phi) is 10.4. The number of fused-ring (bicyclic) bond motifs is 2. The Balaban J connectivity index is 0.863. The standard InChI is InChI=1S/C44H49N7O4/c1-26(2)41(50-44(54)55-3)43(53)51-16-4-5-38(51)36-18-34(23-47-36)30-10-6-28(7-11-30)29-8-12-31(13-9-29)35-19-37(48-24-35)39-32-14-15-33(17-32)40(39)42(52)49-22-27-20-45-25-46-21-27/h6-13,20-21,23-26,32-33,38-41H,4-5,14-19,22H2,1-3H3,(H,49,52)(H,50,54)/t32?,33?,38-,39?,40-,41-/m0/s1. The Bertz CT molecular complexity index is 2060. The summed E-state index contributed by atoms with van der Waals surface area (Å²) in [6.07, 6.45) is 15.0. The monoisotopic (exact) mass is 739 g/mol. The van der Waals surface area contributed by atoms with Crippen LogP contribution >= 0.6 is 0 Å². The van der Waals surface area contributed by atoms with Crippen molar-refractivity contribution in [1.82, 2.24) is 25.5 Å². The van der Waals surface area contributed by atoms with Crippen molar-refractivity contribution in [2.45, 2.75) is 77.4 Å². The van der Waals surface area contributed by atoms with Gasteiger partial charge in [-0.3, -0.25) is 19.6 Å². The summed E-state index contributed by atoms with van der Waals surface area (Å²) in [5.41, 5.74) is 9.94. The summed E-state index contributed by atoms with van der Waals surface area (Å²) in [6.45, 7) is 4.95. The molecule has 0 spiro atoms. The zero-order valence-electron chi connectivity index (χ0n) is 31.8. The fourth-order valence-electron chi connectivity index (χ4n) is 9.54. The van der Waals surface area contributed by atoms with Crippen molar-refractivity contribution < 1.29 is 19.1 Å². The van der Waals surface area contributed by atoms with E-state index in [1.165, 1.54) is 25.4 Å². The van der Waals surface area contributed by atoms with Gasteiger partial charge in [-0.2, -0.15) is 0 Å². The van der Waals surface area contributed by atoms with Crippen LogP contribution in [0, 0.1) is 29.6 Å². The summed E-state index contributed by atoms with van der Waals surface area (Å²) in [5, 5.41) is 5.89. The molecule has 2 aliphatic carbocycles. The van der Waals surface area contributed by atoms with Crippen molar-refractivity contribution in [1.29, 1.82) is 0 Å². The number of likely N-dealkylation sites (tertiary alicyclic amines) is 1. The minimum absolute atomic E-state index is 0.0284. The summed E-state index contributed by atoms with van der Waals surface area (Å²) in [5.74, 6) is 1.09. The number of benzene rings is 2. The van der Waals surface area contributed by atoms with Gasteiger partial charge in [0.05, 0.1) is 13.2 Å². The SMILES string of the molecule is COC(=O)N[C@H](C(=O)N1CCC[C@H]1C1=NC=C(c2ccc(-c3ccc(C4=CN=C(C5C6CCC(C6)[C@@H]5C(=O)NCc5cncnc5)C4)cc3)cc2)C1)C(C)C. The van der Waals surface area contributed by atoms with Crippen molar-refractivity contribution in [2.24, 2.45) is 39.6 Å². The van der Waals surface area contributed by atoms with E-state index in [2.05, 4.69) is 69.1 Å². The predicted molar refractivity (Wildman–Crippen MR) is 213 cm³/mol. The van der Waals surface area contributed by atoms with Gasteiger partial charge in [-0.25, -0.2) is 14.8 Å². The molecule has 2 aromatic carbocycles. The molecule has 11 nitrogen and oxygen atoms in total. The molecule has 55 heavy (non-hydrogen) atoms. The van der Waals surface area contributed by atoms with E-state index in [1.54, 1.807) is 12.4 Å². The Morgan fingerprint density at radius 2 is 1.42 bits per heavy atom. The maximum atomic E-state index is 13.6. The van der Waals surface area contributed by atoms with Crippen LogP contribution in [0.3, 0.4) is 0 Å². The van der Waals surface area contributed by atoms with Gasteiger partial charge >= 0.3 is 6.09 Å². The Labute approximate surface area is 322 Å². The number of carbonyl (C=O) groups excluding carboxylic acids is 3. The second-order valence-electron chi connectivity index (χ2n) is 16.0. The van der Waals surface area contributed by atoms with E-state index in [-0.39, 0.29) is 35.6 Å². The number of carbonyl (C=O) groups is 3. The minimum Gasteiger partial charge on any atom is -0.453 e. The number of rotatable bonds is 11. The fourth-order valence-corrected chi connectivity index (χ4v) is 9.54. The molecule has 3 aromatic rings. The van der Waals surface area contributed by atoms with Gasteiger partial charge in [0.1, 0.15) is 12.4 Å². The molecule has 3 amide bonds. The third-order valence-electron chi connectivity index (χ3n) is 12.4. The van der Waals surface area contributed by atoms with Gasteiger partial charge in [-0.1, -0.05) is 62.4 Å². The van der Waals surface area contributed by atoms with Crippen LogP contribution in [0.25, 0.3) is 22.3 Å². The lowest BCUT2D eigenvalue weighted by molar-refractivity contribution is -0.134. The third-order valence-corrected chi connectivity index (χ3v) is 12.4. The Hall–Kier alpha value is -5.45. The first-order valence-electron chi connectivity index (χ1n) is 19.7. The van der Waals surface area contributed by atoms with E-state index >= 15 is 0 Å². The van der Waals surface area contributed by atoms with Gasteiger partial charge in [0, 0.05) is 79.5 Å². The maximum Gasteiger partial charge on any atom is 0.407 e. The molecular weight excluding hydrogens is 691 g/mol. The molecule has 0 radical (unpaired) electrons. The van der Waals surface area contributed by atoms with E-state index in [0.717, 1.165) is 76.9 Å². The quantitative estimate of drug-likeness (QED) is 0.220. The van der Waals surface area contributed by atoms with Gasteiger partial charge < -0.3 is 20.3 Å². The van der Waals surface area contributed by atoms with Gasteiger partial charge in [0.25, 0.3) is 0 Å². The Morgan fingerprint density at radius 1 is 0.818 bits per heavy atom. The van der Waals surface area contributed by atoms with Crippen LogP contribution in [-0.4, -0.2) is 69.9 Å². The molecule has 2 N–H and O–H groups in total. The first kappa shape index (κ1) is 36.5. The molecule has 2 bridgehead atoms. The zero-order valence-corrected chi connectivity index (χ0v) is 31.8. The molecule has 4 heterocycles. The van der Waals surface area contributed by atoms with E-state index in [9.17, 15) is 14.4 Å². The van der Waals surface area contributed by atoms with Crippen LogP contribution in [0.4, 0.5) is 4.79 Å². The molecule has 11 heteroatoms. The van der Waals surface area contributed by atoms with Crippen molar-refractivity contribution in [2.75, 3.05) is 13.7 Å². The summed E-state index contributed by atoms with van der Waals surface area (Å²) >= 11 is 0. The molecular formula is C44H49N7O4. The number of ether oxygens (including phenoxy) is 1. The van der Waals surface area contributed by atoms with E-state index in [1.807, 2.05) is 31.1 Å². The molecule has 284 valence electrons. The van der Waals surface area contributed by atoms with Crippen molar-refractivity contribution in [3.05, 3.63) is 96.3 Å². The number of aromatic nitrogens is 2. The minimum atomic E-state index is -0.647. The van der Waals surface area contributed by atoms with Crippen LogP contribution in [0.15, 0.2) is 89.6 Å². The molecule has 3 unspecified atom stereocenters. The number of methoxy groups -OCH3 is 1. The van der Waals surface area contributed by atoms with Crippen molar-refractivity contribution in [3.8, 4) is 11.1 Å². The van der Waals surface area contributed by atoms with Crippen LogP contribution < -0.4 is 10.6 Å². The molecule has 3 aliphatic heterocycles. The second-order valence-corrected chi connectivity index (χ2v) is 16.0. The molecule has 1 saturated heterocycles. The molecule has 2 saturated carbocycles. The summed E-state index contributed by atoms with van der Waals surface area (Å²) in [4.78, 5) is 58.8. The lowest BCUT2D eigenvalue weighted by atomic mass is 9.75. The van der Waals surface area contributed by atoms with E-state index in [0.29, 0.717) is 31.3 Å². The van der Waals surface area contributed by atoms with Gasteiger partial charge in [-0.05, 0) is 83.3 Å². The van der Waals surface area contributed by atoms with E-state index < -0.39 is 12.1 Å². The number of hydrogen-bond acceptors (Lipinski definition) is 8. The molecule has 8 rings (SSSR count). The topological polar surface area (TPSA) is 138 Å². The van der Waals surface area contributed by atoms with Crippen molar-refractivity contribution in [3.63, 3.8) is 0 Å². The highest BCUT2D eigenvalue weighted by Gasteiger charge is 2.52. The van der Waals surface area contributed by atoms with Gasteiger partial charge in [0.15, 0.2) is 0 Å².